The Bertz CT molecular complexity index is 525. The summed E-state index contributed by atoms with van der Waals surface area (Å²) in [4.78, 5) is 20.8. The number of rotatable bonds is 2. The first-order valence-electron chi connectivity index (χ1n) is 6.70. The topological polar surface area (TPSA) is 58.1 Å². The highest BCUT2D eigenvalue weighted by molar-refractivity contribution is 5.78. The number of carbonyl (C=O) groups excluding carboxylic acids is 1. The van der Waals surface area contributed by atoms with Gasteiger partial charge in [0.05, 0.1) is 0 Å². The molecule has 116 valence electrons. The number of piperidine rings is 1. The molecule has 0 unspecified atom stereocenters. The zero-order chi connectivity index (χ0) is 15.6. The van der Waals surface area contributed by atoms with E-state index >= 15 is 0 Å². The van der Waals surface area contributed by atoms with Crippen molar-refractivity contribution in [2.75, 3.05) is 25.0 Å². The molecule has 5 nitrogen and oxygen atoms in total. The normalized spacial score (nSPS) is 16.9. The number of aryl methyl sites for hydroxylation is 1. The summed E-state index contributed by atoms with van der Waals surface area (Å²) in [5, 5.41) is 2.60. The van der Waals surface area contributed by atoms with Crippen molar-refractivity contribution in [2.24, 2.45) is 5.92 Å². The zero-order valence-corrected chi connectivity index (χ0v) is 11.9. The van der Waals surface area contributed by atoms with E-state index in [0.717, 1.165) is 6.07 Å². The van der Waals surface area contributed by atoms with Crippen molar-refractivity contribution in [1.82, 2.24) is 15.3 Å². The summed E-state index contributed by atoms with van der Waals surface area (Å²) in [5.74, 6) is 0.249. The third-order valence-corrected chi connectivity index (χ3v) is 3.55. The first-order valence-corrected chi connectivity index (χ1v) is 6.70. The van der Waals surface area contributed by atoms with Crippen LogP contribution in [-0.2, 0) is 11.0 Å². The Hall–Kier alpha value is -1.86. The molecule has 1 fully saturated rings. The summed E-state index contributed by atoms with van der Waals surface area (Å²) < 4.78 is 38.3. The van der Waals surface area contributed by atoms with Crippen LogP contribution in [0.1, 0.15) is 24.4 Å². The molecule has 1 aromatic heterocycles. The molecule has 0 bridgehead atoms. The number of alkyl halides is 3. The monoisotopic (exact) mass is 302 g/mol. The molecule has 2 rings (SSSR count). The van der Waals surface area contributed by atoms with Crippen LogP contribution in [0, 0.1) is 12.8 Å². The average Bonchev–Trinajstić information content (AvgIpc) is 2.45. The lowest BCUT2D eigenvalue weighted by atomic mass is 9.96. The van der Waals surface area contributed by atoms with E-state index in [9.17, 15) is 18.0 Å². The first kappa shape index (κ1) is 15.5. The second kappa shape index (κ2) is 5.87. The van der Waals surface area contributed by atoms with Gasteiger partial charge in [-0.2, -0.15) is 13.2 Å². The second-order valence-electron chi connectivity index (χ2n) is 5.03. The molecule has 0 aliphatic carbocycles. The predicted octanol–water partition coefficient (Wildman–Crippen LogP) is 1.77. The molecule has 0 aromatic carbocycles. The molecule has 0 radical (unpaired) electrons. The van der Waals surface area contributed by atoms with Gasteiger partial charge < -0.3 is 10.2 Å². The molecule has 1 aromatic rings. The molecule has 0 saturated carbocycles. The van der Waals surface area contributed by atoms with Gasteiger partial charge in [-0.05, 0) is 19.8 Å². The third kappa shape index (κ3) is 3.62. The van der Waals surface area contributed by atoms with Crippen LogP contribution < -0.4 is 10.2 Å². The molecule has 21 heavy (non-hydrogen) atoms. The van der Waals surface area contributed by atoms with Crippen molar-refractivity contribution in [3.8, 4) is 0 Å². The fourth-order valence-corrected chi connectivity index (χ4v) is 2.43. The first-order chi connectivity index (χ1) is 9.81. The Balaban J connectivity index is 2.13. The molecular formula is C13H17F3N4O. The van der Waals surface area contributed by atoms with Gasteiger partial charge in [0.2, 0.25) is 5.91 Å². The van der Waals surface area contributed by atoms with E-state index in [2.05, 4.69) is 15.3 Å². The maximum absolute atomic E-state index is 12.8. The number of amides is 1. The van der Waals surface area contributed by atoms with E-state index in [-0.39, 0.29) is 23.5 Å². The summed E-state index contributed by atoms with van der Waals surface area (Å²) in [6, 6.07) is 0.965. The van der Waals surface area contributed by atoms with Crippen LogP contribution >= 0.6 is 0 Å². The lowest BCUT2D eigenvalue weighted by Crippen LogP contribution is -2.40. The summed E-state index contributed by atoms with van der Waals surface area (Å²) in [5.41, 5.74) is -0.932. The minimum atomic E-state index is -4.48. The molecular weight excluding hydrogens is 285 g/mol. The number of carbonyl (C=O) groups is 1. The highest BCUT2D eigenvalue weighted by atomic mass is 19.4. The highest BCUT2D eigenvalue weighted by Gasteiger charge is 2.34. The number of hydrogen-bond donors (Lipinski definition) is 1. The Morgan fingerprint density at radius 3 is 2.48 bits per heavy atom. The number of hydrogen-bond acceptors (Lipinski definition) is 4. The van der Waals surface area contributed by atoms with E-state index < -0.39 is 11.9 Å². The minimum Gasteiger partial charge on any atom is -0.359 e. The highest BCUT2D eigenvalue weighted by Crippen LogP contribution is 2.30. The molecule has 1 aliphatic rings. The van der Waals surface area contributed by atoms with E-state index in [1.54, 1.807) is 11.9 Å². The van der Waals surface area contributed by atoms with Crippen molar-refractivity contribution < 1.29 is 18.0 Å². The van der Waals surface area contributed by atoms with E-state index in [4.69, 9.17) is 0 Å². The van der Waals surface area contributed by atoms with Crippen LogP contribution in [0.15, 0.2) is 6.07 Å². The molecule has 2 heterocycles. The lowest BCUT2D eigenvalue weighted by molar-refractivity contribution is -0.141. The van der Waals surface area contributed by atoms with Crippen molar-refractivity contribution in [2.45, 2.75) is 25.9 Å². The Labute approximate surface area is 120 Å². The van der Waals surface area contributed by atoms with Gasteiger partial charge in [0.15, 0.2) is 0 Å². The standard InChI is InChI=1S/C13H17F3N4O/c1-8-18-10(13(14,15)16)7-11(19-8)20-5-3-9(4-6-20)12(21)17-2/h7,9H,3-6H2,1-2H3,(H,17,21). The summed E-state index contributed by atoms with van der Waals surface area (Å²) in [6.07, 6.45) is -3.28. The number of halogens is 3. The quantitative estimate of drug-likeness (QED) is 0.904. The van der Waals surface area contributed by atoms with Crippen molar-refractivity contribution in [3.63, 3.8) is 0 Å². The molecule has 8 heteroatoms. The maximum Gasteiger partial charge on any atom is 0.433 e. The van der Waals surface area contributed by atoms with Gasteiger partial charge in [-0.25, -0.2) is 9.97 Å². The minimum absolute atomic E-state index is 0.0236. The largest absolute Gasteiger partial charge is 0.433 e. The van der Waals surface area contributed by atoms with Crippen molar-refractivity contribution in [1.29, 1.82) is 0 Å². The Morgan fingerprint density at radius 1 is 1.33 bits per heavy atom. The maximum atomic E-state index is 12.8. The number of nitrogens with one attached hydrogen (secondary N) is 1. The molecule has 1 saturated heterocycles. The molecule has 1 aliphatic heterocycles. The Kier molecular flexibility index (Phi) is 4.34. The van der Waals surface area contributed by atoms with Gasteiger partial charge in [0.25, 0.3) is 0 Å². The van der Waals surface area contributed by atoms with Gasteiger partial charge in [-0.3, -0.25) is 4.79 Å². The van der Waals surface area contributed by atoms with Crippen LogP contribution in [0.25, 0.3) is 0 Å². The summed E-state index contributed by atoms with van der Waals surface area (Å²) >= 11 is 0. The summed E-state index contributed by atoms with van der Waals surface area (Å²) in [6.45, 7) is 2.45. The van der Waals surface area contributed by atoms with Crippen LogP contribution in [-0.4, -0.2) is 36.0 Å². The van der Waals surface area contributed by atoms with E-state index in [1.807, 2.05) is 0 Å². The molecule has 0 spiro atoms. The van der Waals surface area contributed by atoms with Crippen molar-refractivity contribution >= 4 is 11.7 Å². The number of aromatic nitrogens is 2. The second-order valence-corrected chi connectivity index (χ2v) is 5.03. The smallest absolute Gasteiger partial charge is 0.359 e. The van der Waals surface area contributed by atoms with Gasteiger partial charge in [0.1, 0.15) is 17.3 Å². The third-order valence-electron chi connectivity index (χ3n) is 3.55. The van der Waals surface area contributed by atoms with Crippen LogP contribution in [0.5, 0.6) is 0 Å². The van der Waals surface area contributed by atoms with Gasteiger partial charge in [-0.1, -0.05) is 0 Å². The molecule has 1 N–H and O–H groups in total. The number of nitrogens with zero attached hydrogens (tertiary/aromatic N) is 3. The van der Waals surface area contributed by atoms with E-state index in [1.165, 1.54) is 6.92 Å². The Morgan fingerprint density at radius 2 is 1.95 bits per heavy atom. The SMILES string of the molecule is CNC(=O)C1CCN(c2cc(C(F)(F)F)nc(C)n2)CC1. The fourth-order valence-electron chi connectivity index (χ4n) is 2.43. The lowest BCUT2D eigenvalue weighted by Gasteiger charge is -2.32. The van der Waals surface area contributed by atoms with E-state index in [0.29, 0.717) is 25.9 Å². The number of anilines is 1. The predicted molar refractivity (Wildman–Crippen MR) is 70.8 cm³/mol. The van der Waals surface area contributed by atoms with Crippen LogP contribution in [0.2, 0.25) is 0 Å². The average molecular weight is 302 g/mol. The molecule has 1 amide bonds. The fraction of sp³-hybridized carbons (Fsp3) is 0.615. The van der Waals surface area contributed by atoms with Crippen LogP contribution in [0.4, 0.5) is 19.0 Å². The zero-order valence-electron chi connectivity index (χ0n) is 11.9. The molecule has 0 atom stereocenters. The van der Waals surface area contributed by atoms with Gasteiger partial charge in [-0.15, -0.1) is 0 Å². The van der Waals surface area contributed by atoms with Gasteiger partial charge >= 0.3 is 6.18 Å². The van der Waals surface area contributed by atoms with Crippen molar-refractivity contribution in [3.05, 3.63) is 17.6 Å². The van der Waals surface area contributed by atoms with Gasteiger partial charge in [0, 0.05) is 32.1 Å². The van der Waals surface area contributed by atoms with Crippen LogP contribution in [0.3, 0.4) is 0 Å². The summed E-state index contributed by atoms with van der Waals surface area (Å²) in [7, 11) is 1.58.